The summed E-state index contributed by atoms with van der Waals surface area (Å²) in [4.78, 5) is 41.0. The van der Waals surface area contributed by atoms with Crippen molar-refractivity contribution in [2.45, 2.75) is 65.7 Å². The van der Waals surface area contributed by atoms with Gasteiger partial charge in [-0.15, -0.1) is 0 Å². The summed E-state index contributed by atoms with van der Waals surface area (Å²) < 4.78 is 40.9. The molecular formula is C27H34ClFN2O8. The molecule has 0 aliphatic heterocycles. The smallest absolute Gasteiger partial charge is 0.328 e. The normalized spacial score (nSPS) is 13.2. The Labute approximate surface area is 232 Å². The van der Waals surface area contributed by atoms with Crippen LogP contribution in [0.4, 0.5) is 4.39 Å². The molecular weight excluding hydrogens is 535 g/mol. The van der Waals surface area contributed by atoms with Gasteiger partial charge in [0, 0.05) is 30.3 Å². The van der Waals surface area contributed by atoms with Gasteiger partial charge in [0.15, 0.2) is 17.2 Å². The quantitative estimate of drug-likeness (QED) is 0.255. The first-order valence-corrected chi connectivity index (χ1v) is 12.8. The predicted octanol–water partition coefficient (Wildman–Crippen LogP) is 4.72. The number of aromatic nitrogens is 1. The third-order valence-electron chi connectivity index (χ3n) is 5.86. The molecule has 12 heteroatoms. The molecule has 1 aromatic heterocycles. The van der Waals surface area contributed by atoms with Crippen LogP contribution in [0.5, 0.6) is 17.2 Å². The van der Waals surface area contributed by atoms with Gasteiger partial charge < -0.3 is 29.0 Å². The molecule has 0 saturated heterocycles. The minimum atomic E-state index is -1.08. The van der Waals surface area contributed by atoms with Crippen LogP contribution in [0.15, 0.2) is 30.5 Å². The number of hydrogen-bond donors (Lipinski definition) is 1. The van der Waals surface area contributed by atoms with Crippen LogP contribution < -0.4 is 19.5 Å². The van der Waals surface area contributed by atoms with Crippen LogP contribution in [0.1, 0.15) is 57.9 Å². The number of benzene rings is 1. The SMILES string of the molecule is CCC(CC)[C@@H](Oc1cc(F)cc(Cl)c1)[C@H](C)OC(=O)[C@H](C)NC(=O)c1nccc(OC)c1OCOC(C)=O. The highest BCUT2D eigenvalue weighted by atomic mass is 35.5. The number of hydrogen-bond acceptors (Lipinski definition) is 9. The second-order valence-electron chi connectivity index (χ2n) is 8.69. The van der Waals surface area contributed by atoms with Crippen molar-refractivity contribution in [1.82, 2.24) is 10.3 Å². The number of carbonyl (C=O) groups excluding carboxylic acids is 3. The van der Waals surface area contributed by atoms with Gasteiger partial charge in [-0.3, -0.25) is 9.59 Å². The van der Waals surface area contributed by atoms with Crippen molar-refractivity contribution in [2.75, 3.05) is 13.9 Å². The number of esters is 2. The monoisotopic (exact) mass is 568 g/mol. The number of nitrogens with one attached hydrogen (secondary N) is 1. The molecule has 3 atom stereocenters. The van der Waals surface area contributed by atoms with E-state index in [9.17, 15) is 18.8 Å². The van der Waals surface area contributed by atoms with Gasteiger partial charge >= 0.3 is 11.9 Å². The maximum atomic E-state index is 13.9. The number of nitrogens with zero attached hydrogens (tertiary/aromatic N) is 1. The van der Waals surface area contributed by atoms with E-state index in [1.807, 2.05) is 13.8 Å². The second-order valence-corrected chi connectivity index (χ2v) is 9.13. The van der Waals surface area contributed by atoms with E-state index in [1.165, 1.54) is 51.4 Å². The molecule has 214 valence electrons. The highest BCUT2D eigenvalue weighted by Crippen LogP contribution is 2.30. The molecule has 0 spiro atoms. The molecule has 39 heavy (non-hydrogen) atoms. The lowest BCUT2D eigenvalue weighted by atomic mass is 9.93. The van der Waals surface area contributed by atoms with Gasteiger partial charge in [0.1, 0.15) is 29.8 Å². The van der Waals surface area contributed by atoms with Crippen molar-refractivity contribution in [2.24, 2.45) is 5.92 Å². The van der Waals surface area contributed by atoms with Crippen molar-refractivity contribution >= 4 is 29.4 Å². The zero-order valence-corrected chi connectivity index (χ0v) is 23.5. The molecule has 0 bridgehead atoms. The van der Waals surface area contributed by atoms with Crippen LogP contribution in [-0.4, -0.2) is 55.0 Å². The number of pyridine rings is 1. The Kier molecular flexibility index (Phi) is 12.2. The third kappa shape index (κ3) is 9.27. The van der Waals surface area contributed by atoms with Gasteiger partial charge in [0.05, 0.1) is 7.11 Å². The van der Waals surface area contributed by atoms with Crippen LogP contribution >= 0.6 is 11.6 Å². The molecule has 0 aliphatic rings. The summed E-state index contributed by atoms with van der Waals surface area (Å²) >= 11 is 5.97. The van der Waals surface area contributed by atoms with Gasteiger partial charge in [-0.1, -0.05) is 25.4 Å². The fourth-order valence-corrected chi connectivity index (χ4v) is 4.03. The molecule has 1 N–H and O–H groups in total. The van der Waals surface area contributed by atoms with E-state index >= 15 is 0 Å². The fourth-order valence-electron chi connectivity index (χ4n) is 3.82. The van der Waals surface area contributed by atoms with Gasteiger partial charge in [0.2, 0.25) is 6.79 Å². The van der Waals surface area contributed by atoms with Gasteiger partial charge in [-0.25, -0.2) is 14.2 Å². The molecule has 1 aromatic carbocycles. The van der Waals surface area contributed by atoms with Crippen molar-refractivity contribution in [3.63, 3.8) is 0 Å². The molecule has 2 rings (SSSR count). The Morgan fingerprint density at radius 3 is 2.41 bits per heavy atom. The molecule has 1 amide bonds. The average molecular weight is 569 g/mol. The lowest BCUT2D eigenvalue weighted by Crippen LogP contribution is -2.45. The average Bonchev–Trinajstić information content (AvgIpc) is 2.87. The number of ether oxygens (including phenoxy) is 5. The summed E-state index contributed by atoms with van der Waals surface area (Å²) in [5, 5.41) is 2.70. The largest absolute Gasteiger partial charge is 0.493 e. The van der Waals surface area contributed by atoms with E-state index in [4.69, 9.17) is 35.3 Å². The Hall–Kier alpha value is -3.60. The first-order chi connectivity index (χ1) is 18.5. The summed E-state index contributed by atoms with van der Waals surface area (Å²) in [6.45, 7) is 7.80. The highest BCUT2D eigenvalue weighted by molar-refractivity contribution is 6.30. The third-order valence-corrected chi connectivity index (χ3v) is 6.07. The van der Waals surface area contributed by atoms with Crippen LogP contribution in [0.3, 0.4) is 0 Å². The van der Waals surface area contributed by atoms with E-state index in [1.54, 1.807) is 6.92 Å². The van der Waals surface area contributed by atoms with Gasteiger partial charge in [-0.2, -0.15) is 0 Å². The molecule has 1 heterocycles. The van der Waals surface area contributed by atoms with E-state index in [0.29, 0.717) is 0 Å². The molecule has 0 unspecified atom stereocenters. The van der Waals surface area contributed by atoms with Crippen LogP contribution in [-0.2, 0) is 19.1 Å². The topological polar surface area (TPSA) is 122 Å². The summed E-state index contributed by atoms with van der Waals surface area (Å²) in [5.41, 5.74) is -0.185. The summed E-state index contributed by atoms with van der Waals surface area (Å²) in [6.07, 6.45) is 1.41. The Bertz CT molecular complexity index is 1120. The maximum Gasteiger partial charge on any atom is 0.328 e. The summed E-state index contributed by atoms with van der Waals surface area (Å²) in [6, 6.07) is 4.24. The molecule has 0 saturated carbocycles. The first-order valence-electron chi connectivity index (χ1n) is 12.4. The van der Waals surface area contributed by atoms with E-state index in [-0.39, 0.29) is 33.9 Å². The zero-order valence-electron chi connectivity index (χ0n) is 22.8. The van der Waals surface area contributed by atoms with Crippen molar-refractivity contribution in [1.29, 1.82) is 0 Å². The minimum Gasteiger partial charge on any atom is -0.493 e. The van der Waals surface area contributed by atoms with Gasteiger partial charge in [-0.05, 0) is 44.7 Å². The van der Waals surface area contributed by atoms with Crippen LogP contribution in [0.25, 0.3) is 0 Å². The van der Waals surface area contributed by atoms with Crippen molar-refractivity contribution < 1.29 is 42.5 Å². The summed E-state index contributed by atoms with van der Waals surface area (Å²) in [7, 11) is 1.37. The Morgan fingerprint density at radius 2 is 1.82 bits per heavy atom. The Balaban J connectivity index is 2.15. The van der Waals surface area contributed by atoms with Gasteiger partial charge in [0.25, 0.3) is 5.91 Å². The number of methoxy groups -OCH3 is 1. The number of carbonyl (C=O) groups is 3. The Morgan fingerprint density at radius 1 is 1.13 bits per heavy atom. The van der Waals surface area contributed by atoms with E-state index in [0.717, 1.165) is 12.8 Å². The number of rotatable bonds is 14. The van der Waals surface area contributed by atoms with Crippen molar-refractivity contribution in [3.8, 4) is 17.2 Å². The standard InChI is InChI=1S/C27H34ClFN2O8/c1-7-18(8-2)24(39-21-12-19(28)11-20(29)13-21)16(4)38-27(34)15(3)31-26(33)23-25(37-14-36-17(5)32)22(35-6)9-10-30-23/h9-13,15-16,18,24H,7-8,14H2,1-6H3,(H,31,33)/t15-,16-,24-/m0/s1. The fraction of sp³-hybridized carbons (Fsp3) is 0.481. The van der Waals surface area contributed by atoms with Crippen LogP contribution in [0.2, 0.25) is 5.02 Å². The zero-order chi connectivity index (χ0) is 29.1. The predicted molar refractivity (Wildman–Crippen MR) is 140 cm³/mol. The second kappa shape index (κ2) is 15.1. The number of amides is 1. The lowest BCUT2D eigenvalue weighted by Gasteiger charge is -2.31. The highest BCUT2D eigenvalue weighted by Gasteiger charge is 2.32. The molecule has 2 aromatic rings. The molecule has 0 fully saturated rings. The molecule has 10 nitrogen and oxygen atoms in total. The van der Waals surface area contributed by atoms with Crippen LogP contribution in [0, 0.1) is 11.7 Å². The first kappa shape index (κ1) is 31.6. The minimum absolute atomic E-state index is 0.0161. The molecule has 0 radical (unpaired) electrons. The van der Waals surface area contributed by atoms with E-state index < -0.39 is 48.7 Å². The van der Waals surface area contributed by atoms with Crippen molar-refractivity contribution in [3.05, 3.63) is 47.0 Å². The maximum absolute atomic E-state index is 13.9. The summed E-state index contributed by atoms with van der Waals surface area (Å²) in [5.74, 6) is -2.29. The van der Waals surface area contributed by atoms with E-state index in [2.05, 4.69) is 10.3 Å². The number of halogens is 2. The molecule has 0 aliphatic carbocycles. The lowest BCUT2D eigenvalue weighted by molar-refractivity contribution is -0.156.